The van der Waals surface area contributed by atoms with Gasteiger partial charge in [0.1, 0.15) is 0 Å². The molecule has 24 heavy (non-hydrogen) atoms. The summed E-state index contributed by atoms with van der Waals surface area (Å²) in [4.78, 5) is 12.0. The van der Waals surface area contributed by atoms with Crippen LogP contribution in [-0.4, -0.2) is 86.6 Å². The molecule has 0 radical (unpaired) electrons. The molecule has 2 heterocycles. The molecule has 6 heteroatoms. The van der Waals surface area contributed by atoms with Crippen molar-refractivity contribution in [1.29, 1.82) is 0 Å². The molecular weight excluding hydrogens is 413 g/mol. The average molecular weight is 451 g/mol. The highest BCUT2D eigenvalue weighted by molar-refractivity contribution is 14.0. The zero-order chi connectivity index (χ0) is 16.9. The standard InChI is InChI=1S/C18H37N5.HI/c1-6-21-9-11-22(12-10-21)14-16(2)13-20-17(19-5)23-8-7-18(3,4)15-23;/h16H,6-15H2,1-5H3,(H,19,20);1H. The first kappa shape index (κ1) is 22.0. The van der Waals surface area contributed by atoms with Gasteiger partial charge in [0.2, 0.25) is 0 Å². The van der Waals surface area contributed by atoms with E-state index in [1.165, 1.54) is 45.7 Å². The van der Waals surface area contributed by atoms with Crippen LogP contribution in [0, 0.1) is 11.3 Å². The van der Waals surface area contributed by atoms with Gasteiger partial charge in [-0.05, 0) is 24.3 Å². The van der Waals surface area contributed by atoms with Crippen LogP contribution < -0.4 is 5.32 Å². The molecule has 0 saturated carbocycles. The zero-order valence-corrected chi connectivity index (χ0v) is 18.7. The molecule has 1 unspecified atom stereocenters. The van der Waals surface area contributed by atoms with Crippen molar-refractivity contribution in [3.05, 3.63) is 0 Å². The number of likely N-dealkylation sites (N-methyl/N-ethyl adjacent to an activating group) is 1. The maximum atomic E-state index is 4.49. The molecule has 2 fully saturated rings. The van der Waals surface area contributed by atoms with E-state index in [0.717, 1.165) is 25.6 Å². The van der Waals surface area contributed by atoms with E-state index in [-0.39, 0.29) is 24.0 Å². The lowest BCUT2D eigenvalue weighted by Gasteiger charge is -2.35. The Morgan fingerprint density at radius 2 is 1.75 bits per heavy atom. The maximum Gasteiger partial charge on any atom is 0.193 e. The van der Waals surface area contributed by atoms with Crippen LogP contribution in [0.5, 0.6) is 0 Å². The number of halogens is 1. The minimum absolute atomic E-state index is 0. The number of hydrogen-bond donors (Lipinski definition) is 1. The second kappa shape index (κ2) is 10.2. The molecule has 2 aliphatic heterocycles. The van der Waals surface area contributed by atoms with Gasteiger partial charge in [-0.3, -0.25) is 4.99 Å². The van der Waals surface area contributed by atoms with Gasteiger partial charge in [-0.2, -0.15) is 0 Å². The van der Waals surface area contributed by atoms with Gasteiger partial charge in [-0.1, -0.05) is 27.7 Å². The summed E-state index contributed by atoms with van der Waals surface area (Å²) in [5, 5.41) is 3.60. The van der Waals surface area contributed by atoms with Crippen molar-refractivity contribution in [2.75, 3.05) is 66.0 Å². The first-order valence-corrected chi connectivity index (χ1v) is 9.34. The Balaban J connectivity index is 0.00000288. The number of rotatable bonds is 5. The second-order valence-corrected chi connectivity index (χ2v) is 8.10. The topological polar surface area (TPSA) is 34.1 Å². The second-order valence-electron chi connectivity index (χ2n) is 8.10. The fourth-order valence-corrected chi connectivity index (χ4v) is 3.68. The molecule has 0 aromatic rings. The molecule has 0 aliphatic carbocycles. The van der Waals surface area contributed by atoms with Gasteiger partial charge in [-0.15, -0.1) is 24.0 Å². The predicted octanol–water partition coefficient (Wildman–Crippen LogP) is 2.19. The summed E-state index contributed by atoms with van der Waals surface area (Å²) in [5.41, 5.74) is 0.419. The quantitative estimate of drug-likeness (QED) is 0.395. The van der Waals surface area contributed by atoms with Crippen molar-refractivity contribution in [2.24, 2.45) is 16.3 Å². The van der Waals surface area contributed by atoms with Crippen LogP contribution in [0.2, 0.25) is 0 Å². The van der Waals surface area contributed by atoms with E-state index in [1.54, 1.807) is 0 Å². The summed E-state index contributed by atoms with van der Waals surface area (Å²) < 4.78 is 0. The van der Waals surface area contributed by atoms with E-state index in [2.05, 4.69) is 52.7 Å². The number of nitrogens with one attached hydrogen (secondary N) is 1. The van der Waals surface area contributed by atoms with Crippen LogP contribution in [0.25, 0.3) is 0 Å². The highest BCUT2D eigenvalue weighted by Gasteiger charge is 2.31. The zero-order valence-electron chi connectivity index (χ0n) is 16.3. The third kappa shape index (κ3) is 6.67. The SMILES string of the molecule is CCN1CCN(CC(C)CNC(=NC)N2CCC(C)(C)C2)CC1.I. The normalized spacial score (nSPS) is 23.9. The maximum absolute atomic E-state index is 4.49. The fraction of sp³-hybridized carbons (Fsp3) is 0.944. The smallest absolute Gasteiger partial charge is 0.193 e. The Morgan fingerprint density at radius 3 is 2.25 bits per heavy atom. The van der Waals surface area contributed by atoms with Crippen molar-refractivity contribution in [3.63, 3.8) is 0 Å². The largest absolute Gasteiger partial charge is 0.356 e. The molecule has 1 N–H and O–H groups in total. The molecule has 0 aromatic heterocycles. The van der Waals surface area contributed by atoms with Gasteiger partial charge < -0.3 is 20.0 Å². The van der Waals surface area contributed by atoms with Crippen molar-refractivity contribution in [2.45, 2.75) is 34.1 Å². The van der Waals surface area contributed by atoms with Gasteiger partial charge in [0.15, 0.2) is 5.96 Å². The summed E-state index contributed by atoms with van der Waals surface area (Å²) in [6, 6.07) is 0. The van der Waals surface area contributed by atoms with Crippen LogP contribution in [0.15, 0.2) is 4.99 Å². The Bertz CT molecular complexity index is 391. The Hall–Kier alpha value is -0.0800. The van der Waals surface area contributed by atoms with E-state index in [1.807, 2.05) is 7.05 Å². The van der Waals surface area contributed by atoms with Crippen LogP contribution in [0.3, 0.4) is 0 Å². The predicted molar refractivity (Wildman–Crippen MR) is 114 cm³/mol. The average Bonchev–Trinajstić information content (AvgIpc) is 2.88. The van der Waals surface area contributed by atoms with Crippen LogP contribution in [-0.2, 0) is 0 Å². The highest BCUT2D eigenvalue weighted by atomic mass is 127. The first-order valence-electron chi connectivity index (χ1n) is 9.34. The molecule has 0 bridgehead atoms. The molecular formula is C18H38IN5. The molecule has 2 rings (SSSR count). The number of hydrogen-bond acceptors (Lipinski definition) is 3. The van der Waals surface area contributed by atoms with Crippen molar-refractivity contribution in [1.82, 2.24) is 20.0 Å². The summed E-state index contributed by atoms with van der Waals surface area (Å²) in [6.45, 7) is 19.8. The lowest BCUT2D eigenvalue weighted by Crippen LogP contribution is -2.49. The van der Waals surface area contributed by atoms with E-state index in [4.69, 9.17) is 0 Å². The van der Waals surface area contributed by atoms with Gasteiger partial charge in [0.05, 0.1) is 0 Å². The number of nitrogens with zero attached hydrogens (tertiary/aromatic N) is 4. The van der Waals surface area contributed by atoms with Gasteiger partial charge in [0, 0.05) is 59.4 Å². The minimum Gasteiger partial charge on any atom is -0.356 e. The molecule has 2 aliphatic rings. The van der Waals surface area contributed by atoms with Crippen LogP contribution in [0.1, 0.15) is 34.1 Å². The highest BCUT2D eigenvalue weighted by Crippen LogP contribution is 2.28. The summed E-state index contributed by atoms with van der Waals surface area (Å²) in [6.07, 6.45) is 1.25. The molecule has 142 valence electrons. The number of piperazine rings is 1. The molecule has 1 atom stereocenters. The third-order valence-electron chi connectivity index (χ3n) is 5.28. The molecule has 5 nitrogen and oxygen atoms in total. The molecule has 0 aromatic carbocycles. The summed E-state index contributed by atoms with van der Waals surface area (Å²) in [5.74, 6) is 1.73. The summed E-state index contributed by atoms with van der Waals surface area (Å²) in [7, 11) is 1.91. The van der Waals surface area contributed by atoms with E-state index in [9.17, 15) is 0 Å². The monoisotopic (exact) mass is 451 g/mol. The van der Waals surface area contributed by atoms with Crippen molar-refractivity contribution >= 4 is 29.9 Å². The Morgan fingerprint density at radius 1 is 1.12 bits per heavy atom. The lowest BCUT2D eigenvalue weighted by atomic mass is 9.93. The Labute approximate surface area is 166 Å². The van der Waals surface area contributed by atoms with Gasteiger partial charge in [0.25, 0.3) is 0 Å². The molecule has 0 spiro atoms. The van der Waals surface area contributed by atoms with E-state index < -0.39 is 0 Å². The van der Waals surface area contributed by atoms with E-state index >= 15 is 0 Å². The molecule has 0 amide bonds. The molecule has 2 saturated heterocycles. The third-order valence-corrected chi connectivity index (χ3v) is 5.28. The Kier molecular flexibility index (Phi) is 9.30. The number of guanidine groups is 1. The fourth-order valence-electron chi connectivity index (χ4n) is 3.68. The van der Waals surface area contributed by atoms with Gasteiger partial charge >= 0.3 is 0 Å². The first-order chi connectivity index (χ1) is 10.9. The number of aliphatic imine (C=N–C) groups is 1. The minimum atomic E-state index is 0. The van der Waals surface area contributed by atoms with Crippen LogP contribution >= 0.6 is 24.0 Å². The summed E-state index contributed by atoms with van der Waals surface area (Å²) >= 11 is 0. The van der Waals surface area contributed by atoms with E-state index in [0.29, 0.717) is 11.3 Å². The van der Waals surface area contributed by atoms with Crippen molar-refractivity contribution < 1.29 is 0 Å². The van der Waals surface area contributed by atoms with Crippen LogP contribution in [0.4, 0.5) is 0 Å². The number of likely N-dealkylation sites (tertiary alicyclic amines) is 1. The lowest BCUT2D eigenvalue weighted by molar-refractivity contribution is 0.124. The van der Waals surface area contributed by atoms with Crippen molar-refractivity contribution in [3.8, 4) is 0 Å². The van der Waals surface area contributed by atoms with Gasteiger partial charge in [-0.25, -0.2) is 0 Å².